The van der Waals surface area contributed by atoms with Crippen LogP contribution in [0.2, 0.25) is 0 Å². The molecular formula is C71H46N4O2. The Hall–Kier alpha value is -10.3. The lowest BCUT2D eigenvalue weighted by Gasteiger charge is -2.36. The van der Waals surface area contributed by atoms with Crippen molar-refractivity contribution in [2.75, 3.05) is 9.80 Å². The van der Waals surface area contributed by atoms with Crippen LogP contribution in [0.4, 0.5) is 34.1 Å². The number of anilines is 6. The molecule has 1 aliphatic carbocycles. The van der Waals surface area contributed by atoms with Crippen LogP contribution in [-0.2, 0) is 5.41 Å². The van der Waals surface area contributed by atoms with Gasteiger partial charge in [-0.3, -0.25) is 0 Å². The molecule has 15 rings (SSSR count). The molecule has 0 radical (unpaired) electrons. The number of hydrogen-bond acceptors (Lipinski definition) is 6. The summed E-state index contributed by atoms with van der Waals surface area (Å²) in [6, 6.07) is 99.6. The van der Waals surface area contributed by atoms with Crippen LogP contribution in [0.25, 0.3) is 77.8 Å². The van der Waals surface area contributed by atoms with Gasteiger partial charge in [-0.15, -0.1) is 0 Å². The van der Waals surface area contributed by atoms with Gasteiger partial charge in [0.05, 0.1) is 16.8 Å². The summed E-state index contributed by atoms with van der Waals surface area (Å²) in [5.41, 5.74) is 17.4. The van der Waals surface area contributed by atoms with E-state index in [0.717, 1.165) is 89.0 Å². The van der Waals surface area contributed by atoms with Crippen LogP contribution in [0.5, 0.6) is 0 Å². The van der Waals surface area contributed by atoms with Gasteiger partial charge in [0.2, 0.25) is 11.8 Å². The molecule has 77 heavy (non-hydrogen) atoms. The Morgan fingerprint density at radius 3 is 1.17 bits per heavy atom. The molecular weight excluding hydrogens is 941 g/mol. The van der Waals surface area contributed by atoms with Crippen LogP contribution in [0.1, 0.15) is 22.3 Å². The molecule has 0 amide bonds. The van der Waals surface area contributed by atoms with Crippen molar-refractivity contribution in [3.05, 3.63) is 301 Å². The summed E-state index contributed by atoms with van der Waals surface area (Å²) in [6.07, 6.45) is 0. The zero-order chi connectivity index (χ0) is 50.9. The SMILES string of the molecule is c1ccc(C2(c3ccccc3)c3cc(N(c4cccc(-c5nc6ccccc6o5)c4)c4cccc5ccccc45)ccc3-c3ccc(N(c4cccc(-c5nc6ccccc6o5)c4)c4cccc5ccccc45)cc32)cc1. The molecule has 0 bridgehead atoms. The van der Waals surface area contributed by atoms with E-state index in [-0.39, 0.29) is 0 Å². The van der Waals surface area contributed by atoms with Gasteiger partial charge in [0, 0.05) is 44.6 Å². The molecule has 0 atom stereocenters. The molecule has 362 valence electrons. The molecule has 1 aliphatic rings. The summed E-state index contributed by atoms with van der Waals surface area (Å²) in [5.74, 6) is 1.16. The summed E-state index contributed by atoms with van der Waals surface area (Å²) in [5, 5.41) is 4.59. The van der Waals surface area contributed by atoms with Crippen molar-refractivity contribution >= 4 is 77.9 Å². The first-order valence-corrected chi connectivity index (χ1v) is 26.0. The molecule has 6 nitrogen and oxygen atoms in total. The monoisotopic (exact) mass is 986 g/mol. The minimum atomic E-state index is -0.756. The Labute approximate surface area is 445 Å². The van der Waals surface area contributed by atoms with Gasteiger partial charge in [-0.1, -0.05) is 182 Å². The van der Waals surface area contributed by atoms with Crippen molar-refractivity contribution in [3.8, 4) is 34.0 Å². The maximum atomic E-state index is 6.39. The topological polar surface area (TPSA) is 58.5 Å². The maximum Gasteiger partial charge on any atom is 0.227 e. The predicted molar refractivity (Wildman–Crippen MR) is 314 cm³/mol. The molecule has 0 saturated heterocycles. The smallest absolute Gasteiger partial charge is 0.227 e. The third kappa shape index (κ3) is 7.25. The average molecular weight is 987 g/mol. The van der Waals surface area contributed by atoms with E-state index >= 15 is 0 Å². The quantitative estimate of drug-likeness (QED) is 0.136. The molecule has 0 fully saturated rings. The van der Waals surface area contributed by atoms with E-state index in [1.165, 1.54) is 33.4 Å². The number of para-hydroxylation sites is 4. The zero-order valence-electron chi connectivity index (χ0n) is 41.7. The van der Waals surface area contributed by atoms with Crippen LogP contribution in [0.3, 0.4) is 0 Å². The van der Waals surface area contributed by atoms with Gasteiger partial charge in [-0.25, -0.2) is 9.97 Å². The van der Waals surface area contributed by atoms with Crippen LogP contribution >= 0.6 is 0 Å². The van der Waals surface area contributed by atoms with Gasteiger partial charge < -0.3 is 18.6 Å². The van der Waals surface area contributed by atoms with E-state index in [2.05, 4.69) is 240 Å². The molecule has 0 saturated carbocycles. The van der Waals surface area contributed by atoms with E-state index in [4.69, 9.17) is 18.8 Å². The molecule has 14 aromatic rings. The van der Waals surface area contributed by atoms with E-state index in [9.17, 15) is 0 Å². The number of oxazole rings is 2. The molecule has 0 N–H and O–H groups in total. The van der Waals surface area contributed by atoms with Gasteiger partial charge in [-0.2, -0.15) is 0 Å². The van der Waals surface area contributed by atoms with Crippen molar-refractivity contribution in [3.63, 3.8) is 0 Å². The number of rotatable bonds is 10. The highest BCUT2D eigenvalue weighted by atomic mass is 16.4. The summed E-state index contributed by atoms with van der Waals surface area (Å²) in [6.45, 7) is 0. The molecule has 2 heterocycles. The van der Waals surface area contributed by atoms with Crippen molar-refractivity contribution < 1.29 is 8.83 Å². The highest BCUT2D eigenvalue weighted by Crippen LogP contribution is 2.59. The fourth-order valence-electron chi connectivity index (χ4n) is 12.0. The number of aromatic nitrogens is 2. The second kappa shape index (κ2) is 18.0. The summed E-state index contributed by atoms with van der Waals surface area (Å²) >= 11 is 0. The fraction of sp³-hybridized carbons (Fsp3) is 0.0141. The average Bonchev–Trinajstić information content (AvgIpc) is 4.32. The maximum absolute atomic E-state index is 6.39. The molecule has 0 spiro atoms. The molecule has 0 aliphatic heterocycles. The number of hydrogen-bond donors (Lipinski definition) is 0. The third-order valence-corrected chi connectivity index (χ3v) is 15.3. The number of fused-ring (bicyclic) bond motifs is 7. The first-order chi connectivity index (χ1) is 38.2. The van der Waals surface area contributed by atoms with Gasteiger partial charge in [0.1, 0.15) is 11.0 Å². The van der Waals surface area contributed by atoms with E-state index < -0.39 is 5.41 Å². The first-order valence-electron chi connectivity index (χ1n) is 26.0. The van der Waals surface area contributed by atoms with Crippen LogP contribution in [-0.4, -0.2) is 9.97 Å². The van der Waals surface area contributed by atoms with Crippen molar-refractivity contribution in [1.29, 1.82) is 0 Å². The second-order valence-electron chi connectivity index (χ2n) is 19.7. The Kier molecular flexibility index (Phi) is 10.3. The first kappa shape index (κ1) is 44.2. The van der Waals surface area contributed by atoms with E-state index in [1.807, 2.05) is 48.5 Å². The summed E-state index contributed by atoms with van der Waals surface area (Å²) in [4.78, 5) is 14.7. The predicted octanol–water partition coefficient (Wildman–Crippen LogP) is 18.9. The van der Waals surface area contributed by atoms with Gasteiger partial charge in [-0.05, 0) is 141 Å². The van der Waals surface area contributed by atoms with Crippen LogP contribution in [0, 0.1) is 0 Å². The standard InChI is InChI=1S/C71H46N4O2/c1-3-25-51(26-4-1)71(52-27-5-2-6-28-52)61-45-55(74(65-35-17-21-47-19-7-9-31-57(47)65)53-29-15-23-49(43-53)69-72-63-33-11-13-37-67(63)76-69)39-41-59(61)60-42-40-56(46-62(60)71)75(66-36-18-22-48-20-8-10-32-58(48)66)54-30-16-24-50(44-54)70-73-64-34-12-14-38-68(64)77-70/h1-46H. The van der Waals surface area contributed by atoms with E-state index in [1.54, 1.807) is 0 Å². The lowest BCUT2D eigenvalue weighted by molar-refractivity contribution is 0.619. The lowest BCUT2D eigenvalue weighted by atomic mass is 9.67. The number of benzene rings is 12. The Morgan fingerprint density at radius 1 is 0.312 bits per heavy atom. The second-order valence-corrected chi connectivity index (χ2v) is 19.7. The van der Waals surface area contributed by atoms with Crippen molar-refractivity contribution in [1.82, 2.24) is 9.97 Å². The van der Waals surface area contributed by atoms with E-state index in [0.29, 0.717) is 11.8 Å². The minimum Gasteiger partial charge on any atom is -0.436 e. The minimum absolute atomic E-state index is 0.578. The van der Waals surface area contributed by atoms with Gasteiger partial charge >= 0.3 is 0 Å². The Morgan fingerprint density at radius 2 is 0.701 bits per heavy atom. The summed E-state index contributed by atoms with van der Waals surface area (Å²) in [7, 11) is 0. The normalized spacial score (nSPS) is 12.5. The van der Waals surface area contributed by atoms with Crippen LogP contribution in [0.15, 0.2) is 288 Å². The van der Waals surface area contributed by atoms with Gasteiger partial charge in [0.15, 0.2) is 11.2 Å². The van der Waals surface area contributed by atoms with Gasteiger partial charge in [0.25, 0.3) is 0 Å². The third-order valence-electron chi connectivity index (χ3n) is 15.3. The Bertz CT molecular complexity index is 4190. The zero-order valence-corrected chi connectivity index (χ0v) is 41.7. The fourth-order valence-corrected chi connectivity index (χ4v) is 12.0. The van der Waals surface area contributed by atoms with Crippen molar-refractivity contribution in [2.24, 2.45) is 0 Å². The molecule has 2 aromatic heterocycles. The molecule has 6 heteroatoms. The highest BCUT2D eigenvalue weighted by molar-refractivity contribution is 6.02. The summed E-state index contributed by atoms with van der Waals surface area (Å²) < 4.78 is 12.8. The largest absolute Gasteiger partial charge is 0.436 e. The van der Waals surface area contributed by atoms with Crippen LogP contribution < -0.4 is 9.80 Å². The molecule has 12 aromatic carbocycles. The highest BCUT2D eigenvalue weighted by Gasteiger charge is 2.47. The van der Waals surface area contributed by atoms with Crippen molar-refractivity contribution in [2.45, 2.75) is 5.41 Å². The lowest BCUT2D eigenvalue weighted by Crippen LogP contribution is -2.29. The molecule has 0 unspecified atom stereocenters. The Balaban J connectivity index is 0.965. The number of nitrogens with zero attached hydrogens (tertiary/aromatic N) is 4.